The predicted octanol–water partition coefficient (Wildman–Crippen LogP) is 0.792. The van der Waals surface area contributed by atoms with E-state index in [1.807, 2.05) is 0 Å². The van der Waals surface area contributed by atoms with E-state index in [2.05, 4.69) is 10.2 Å². The number of methoxy groups -OCH3 is 2. The third kappa shape index (κ3) is 3.68. The Labute approximate surface area is 113 Å². The lowest BCUT2D eigenvalue weighted by atomic mass is 10.1. The van der Waals surface area contributed by atoms with Crippen molar-refractivity contribution in [1.82, 2.24) is 10.2 Å². The Morgan fingerprint density at radius 2 is 1.74 bits per heavy atom. The van der Waals surface area contributed by atoms with Gasteiger partial charge in [0.05, 0.1) is 20.8 Å². The van der Waals surface area contributed by atoms with Crippen LogP contribution in [0.25, 0.3) is 0 Å². The molecule has 5 heteroatoms. The van der Waals surface area contributed by atoms with Gasteiger partial charge in [0.15, 0.2) is 5.78 Å². The maximum atomic E-state index is 12.3. The lowest BCUT2D eigenvalue weighted by molar-refractivity contribution is 0.0921. The largest absolute Gasteiger partial charge is 0.497 e. The van der Waals surface area contributed by atoms with E-state index in [-0.39, 0.29) is 5.78 Å². The Morgan fingerprint density at radius 1 is 1.16 bits per heavy atom. The number of hydrogen-bond acceptors (Lipinski definition) is 5. The third-order valence-corrected chi connectivity index (χ3v) is 3.25. The number of Topliss-reactive ketones (excluding diaryl/α,β-unsaturated/α-hetero) is 1. The SMILES string of the molecule is COc1cc(OC)cc(C(=O)CN2CCNCC2)c1. The summed E-state index contributed by atoms with van der Waals surface area (Å²) >= 11 is 0. The highest BCUT2D eigenvalue weighted by atomic mass is 16.5. The average Bonchev–Trinajstić information content (AvgIpc) is 2.47. The van der Waals surface area contributed by atoms with Gasteiger partial charge in [0.25, 0.3) is 0 Å². The smallest absolute Gasteiger partial charge is 0.177 e. The summed E-state index contributed by atoms with van der Waals surface area (Å²) in [5.41, 5.74) is 0.634. The second-order valence-corrected chi connectivity index (χ2v) is 4.55. The predicted molar refractivity (Wildman–Crippen MR) is 73.2 cm³/mol. The molecule has 1 aliphatic rings. The first kappa shape index (κ1) is 13.8. The van der Waals surface area contributed by atoms with Crippen molar-refractivity contribution in [2.75, 3.05) is 46.9 Å². The number of ketones is 1. The second-order valence-electron chi connectivity index (χ2n) is 4.55. The monoisotopic (exact) mass is 264 g/mol. The summed E-state index contributed by atoms with van der Waals surface area (Å²) in [4.78, 5) is 14.4. The van der Waals surface area contributed by atoms with Crippen LogP contribution in [-0.4, -0.2) is 57.6 Å². The van der Waals surface area contributed by atoms with Crippen LogP contribution in [0.5, 0.6) is 11.5 Å². The highest BCUT2D eigenvalue weighted by molar-refractivity contribution is 5.98. The van der Waals surface area contributed by atoms with Gasteiger partial charge in [-0.15, -0.1) is 0 Å². The van der Waals surface area contributed by atoms with Crippen molar-refractivity contribution in [3.8, 4) is 11.5 Å². The molecule has 0 spiro atoms. The van der Waals surface area contributed by atoms with E-state index in [1.165, 1.54) is 0 Å². The van der Waals surface area contributed by atoms with Crippen LogP contribution in [0.2, 0.25) is 0 Å². The molecule has 1 N–H and O–H groups in total. The Hall–Kier alpha value is -1.59. The van der Waals surface area contributed by atoms with Crippen molar-refractivity contribution in [3.63, 3.8) is 0 Å². The zero-order valence-electron chi connectivity index (χ0n) is 11.4. The zero-order chi connectivity index (χ0) is 13.7. The van der Waals surface area contributed by atoms with Crippen molar-refractivity contribution in [2.24, 2.45) is 0 Å². The molecule has 0 aliphatic carbocycles. The number of ether oxygens (including phenoxy) is 2. The Morgan fingerprint density at radius 3 is 2.26 bits per heavy atom. The van der Waals surface area contributed by atoms with Crippen LogP contribution in [0.3, 0.4) is 0 Å². The van der Waals surface area contributed by atoms with Gasteiger partial charge in [0.1, 0.15) is 11.5 Å². The first-order valence-corrected chi connectivity index (χ1v) is 6.42. The van der Waals surface area contributed by atoms with Crippen molar-refractivity contribution in [1.29, 1.82) is 0 Å². The number of carbonyl (C=O) groups is 1. The number of rotatable bonds is 5. The molecule has 0 aromatic heterocycles. The summed E-state index contributed by atoms with van der Waals surface area (Å²) in [6, 6.07) is 5.28. The summed E-state index contributed by atoms with van der Waals surface area (Å²) in [5.74, 6) is 1.38. The van der Waals surface area contributed by atoms with Gasteiger partial charge in [-0.05, 0) is 12.1 Å². The zero-order valence-corrected chi connectivity index (χ0v) is 11.4. The minimum absolute atomic E-state index is 0.0964. The van der Waals surface area contributed by atoms with Crippen molar-refractivity contribution < 1.29 is 14.3 Å². The first-order valence-electron chi connectivity index (χ1n) is 6.42. The molecule has 0 bridgehead atoms. The molecule has 1 aromatic carbocycles. The Bertz CT molecular complexity index is 420. The molecule has 0 saturated carbocycles. The molecular formula is C14H20N2O3. The van der Waals surface area contributed by atoms with Crippen LogP contribution in [0.4, 0.5) is 0 Å². The van der Waals surface area contributed by atoms with Gasteiger partial charge in [0, 0.05) is 37.8 Å². The topological polar surface area (TPSA) is 50.8 Å². The molecule has 1 saturated heterocycles. The van der Waals surface area contributed by atoms with Crippen molar-refractivity contribution >= 4 is 5.78 Å². The summed E-state index contributed by atoms with van der Waals surface area (Å²) in [5, 5.41) is 3.27. The van der Waals surface area contributed by atoms with E-state index in [0.717, 1.165) is 26.2 Å². The molecule has 19 heavy (non-hydrogen) atoms. The second kappa shape index (κ2) is 6.54. The standard InChI is InChI=1S/C14H20N2O3/c1-18-12-7-11(8-13(9-12)19-2)14(17)10-16-5-3-15-4-6-16/h7-9,15H,3-6,10H2,1-2H3. The minimum Gasteiger partial charge on any atom is -0.497 e. The lowest BCUT2D eigenvalue weighted by Gasteiger charge is -2.26. The molecule has 1 aromatic rings. The fraction of sp³-hybridized carbons (Fsp3) is 0.500. The first-order chi connectivity index (χ1) is 9.22. The number of nitrogens with zero attached hydrogens (tertiary/aromatic N) is 1. The fourth-order valence-corrected chi connectivity index (χ4v) is 2.13. The van der Waals surface area contributed by atoms with Crippen molar-refractivity contribution in [2.45, 2.75) is 0 Å². The molecule has 1 heterocycles. The Balaban J connectivity index is 2.08. The number of benzene rings is 1. The fourth-order valence-electron chi connectivity index (χ4n) is 2.13. The molecule has 2 rings (SSSR count). The minimum atomic E-state index is 0.0964. The van der Waals surface area contributed by atoms with Crippen LogP contribution in [-0.2, 0) is 0 Å². The number of nitrogens with one attached hydrogen (secondary N) is 1. The summed E-state index contributed by atoms with van der Waals surface area (Å²) < 4.78 is 10.4. The maximum absolute atomic E-state index is 12.3. The molecular weight excluding hydrogens is 244 g/mol. The van der Waals surface area contributed by atoms with Gasteiger partial charge < -0.3 is 14.8 Å². The number of carbonyl (C=O) groups excluding carboxylic acids is 1. The van der Waals surface area contributed by atoms with Gasteiger partial charge in [0.2, 0.25) is 0 Å². The highest BCUT2D eigenvalue weighted by Gasteiger charge is 2.16. The van der Waals surface area contributed by atoms with Gasteiger partial charge in [-0.25, -0.2) is 0 Å². The van der Waals surface area contributed by atoms with E-state index < -0.39 is 0 Å². The third-order valence-electron chi connectivity index (χ3n) is 3.25. The lowest BCUT2D eigenvalue weighted by Crippen LogP contribution is -2.45. The molecule has 5 nitrogen and oxygen atoms in total. The molecule has 0 radical (unpaired) electrons. The highest BCUT2D eigenvalue weighted by Crippen LogP contribution is 2.22. The van der Waals surface area contributed by atoms with E-state index >= 15 is 0 Å². The normalized spacial score (nSPS) is 16.1. The van der Waals surface area contributed by atoms with Crippen molar-refractivity contribution in [3.05, 3.63) is 23.8 Å². The average molecular weight is 264 g/mol. The Kier molecular flexibility index (Phi) is 4.76. The van der Waals surface area contributed by atoms with Crippen LogP contribution >= 0.6 is 0 Å². The molecule has 1 fully saturated rings. The van der Waals surface area contributed by atoms with Gasteiger partial charge in [-0.2, -0.15) is 0 Å². The van der Waals surface area contributed by atoms with E-state index in [4.69, 9.17) is 9.47 Å². The van der Waals surface area contributed by atoms with Crippen LogP contribution in [0, 0.1) is 0 Å². The van der Waals surface area contributed by atoms with Crippen LogP contribution < -0.4 is 14.8 Å². The summed E-state index contributed by atoms with van der Waals surface area (Å²) in [7, 11) is 3.17. The van der Waals surface area contributed by atoms with Crippen LogP contribution in [0.15, 0.2) is 18.2 Å². The van der Waals surface area contributed by atoms with Gasteiger partial charge in [-0.1, -0.05) is 0 Å². The van der Waals surface area contributed by atoms with Gasteiger partial charge in [-0.3, -0.25) is 9.69 Å². The summed E-state index contributed by atoms with van der Waals surface area (Å²) in [6.45, 7) is 4.14. The number of hydrogen-bond donors (Lipinski definition) is 1. The molecule has 1 aliphatic heterocycles. The molecule has 0 atom stereocenters. The van der Waals surface area contributed by atoms with E-state index in [0.29, 0.717) is 23.6 Å². The number of piperazine rings is 1. The summed E-state index contributed by atoms with van der Waals surface area (Å²) in [6.07, 6.45) is 0. The quantitative estimate of drug-likeness (QED) is 0.797. The van der Waals surface area contributed by atoms with Gasteiger partial charge >= 0.3 is 0 Å². The molecule has 0 amide bonds. The van der Waals surface area contributed by atoms with E-state index in [1.54, 1.807) is 32.4 Å². The molecule has 104 valence electrons. The van der Waals surface area contributed by atoms with E-state index in [9.17, 15) is 4.79 Å². The maximum Gasteiger partial charge on any atom is 0.177 e. The van der Waals surface area contributed by atoms with Crippen LogP contribution in [0.1, 0.15) is 10.4 Å². The molecule has 0 unspecified atom stereocenters.